The molecule has 1 unspecified atom stereocenters. The second-order valence-corrected chi connectivity index (χ2v) is 9.56. The summed E-state index contributed by atoms with van der Waals surface area (Å²) in [7, 11) is 0. The van der Waals surface area contributed by atoms with E-state index in [0.29, 0.717) is 11.9 Å². The van der Waals surface area contributed by atoms with Gasteiger partial charge in [-0.05, 0) is 67.8 Å². The molecule has 1 saturated heterocycles. The van der Waals surface area contributed by atoms with Gasteiger partial charge < -0.3 is 11.1 Å². The van der Waals surface area contributed by atoms with Gasteiger partial charge in [-0.2, -0.15) is 0 Å². The fourth-order valence-electron chi connectivity index (χ4n) is 4.89. The van der Waals surface area contributed by atoms with E-state index in [2.05, 4.69) is 76.1 Å². The number of imidazole rings is 1. The molecule has 1 aliphatic rings. The van der Waals surface area contributed by atoms with Crippen molar-refractivity contribution < 1.29 is 0 Å². The average molecular weight is 524 g/mol. The maximum absolute atomic E-state index is 6.30. The van der Waals surface area contributed by atoms with Crippen molar-refractivity contribution in [1.82, 2.24) is 29.7 Å². The number of nitrogens with zero attached hydrogens (tertiary/aromatic N) is 5. The van der Waals surface area contributed by atoms with Gasteiger partial charge in [0.1, 0.15) is 11.3 Å². The summed E-state index contributed by atoms with van der Waals surface area (Å²) >= 11 is 0. The summed E-state index contributed by atoms with van der Waals surface area (Å²) in [4.78, 5) is 16.9. The van der Waals surface area contributed by atoms with E-state index in [9.17, 15) is 0 Å². The standard InChI is InChI=1S/C30H35N7.C2H6/c1-4-6-8-23(5-2)26-14-15-27-30(34-26)37(29(35-27)25-9-7-16-33-28(25)31)24-12-10-22(11-13-24)20-36-18-17-32-21(3)19-36;1-2/h5-16,21,32H,4,17-20H2,1-3H3,(H2,31,33);1-2H3/b8-6-,23-5+;. The minimum atomic E-state index is 0.448. The number of nitrogens with one attached hydrogen (secondary N) is 1. The van der Waals surface area contributed by atoms with Crippen LogP contribution in [0.3, 0.4) is 0 Å². The van der Waals surface area contributed by atoms with Crippen molar-refractivity contribution in [3.63, 3.8) is 0 Å². The minimum Gasteiger partial charge on any atom is -0.383 e. The Kier molecular flexibility index (Phi) is 9.63. The highest BCUT2D eigenvalue weighted by Gasteiger charge is 2.19. The molecule has 1 fully saturated rings. The van der Waals surface area contributed by atoms with E-state index in [1.54, 1.807) is 6.20 Å². The summed E-state index contributed by atoms with van der Waals surface area (Å²) in [6.45, 7) is 14.5. The van der Waals surface area contributed by atoms with Gasteiger partial charge in [-0.3, -0.25) is 9.47 Å². The molecular weight excluding hydrogens is 482 g/mol. The SMILES string of the molecule is C/C=C(\C=C/CC)c1ccc2nc(-c3cccnc3N)n(-c3ccc(CN4CCNC(C)C4)cc3)c2n1.CC. The molecule has 0 bridgehead atoms. The Morgan fingerprint density at radius 2 is 1.90 bits per heavy atom. The number of nitrogen functional groups attached to an aromatic ring is 1. The predicted molar refractivity (Wildman–Crippen MR) is 164 cm³/mol. The van der Waals surface area contributed by atoms with Gasteiger partial charge in [0.25, 0.3) is 0 Å². The summed E-state index contributed by atoms with van der Waals surface area (Å²) in [6.07, 6.45) is 9.04. The van der Waals surface area contributed by atoms with Gasteiger partial charge in [0.2, 0.25) is 0 Å². The molecule has 3 N–H and O–H groups in total. The largest absolute Gasteiger partial charge is 0.383 e. The quantitative estimate of drug-likeness (QED) is 0.278. The lowest BCUT2D eigenvalue weighted by Gasteiger charge is -2.31. The fraction of sp³-hybridized carbons (Fsp3) is 0.344. The molecule has 1 atom stereocenters. The first-order valence-corrected chi connectivity index (χ1v) is 14.1. The Bertz CT molecular complexity index is 1430. The molecule has 4 heterocycles. The maximum atomic E-state index is 6.30. The number of piperazine rings is 1. The Labute approximate surface area is 232 Å². The molecule has 7 heteroatoms. The Morgan fingerprint density at radius 3 is 2.59 bits per heavy atom. The van der Waals surface area contributed by atoms with E-state index in [1.807, 2.05) is 45.0 Å². The summed E-state index contributed by atoms with van der Waals surface area (Å²) < 4.78 is 2.10. The Balaban J connectivity index is 0.00000172. The molecule has 5 rings (SSSR count). The van der Waals surface area contributed by atoms with Crippen LogP contribution in [0.5, 0.6) is 0 Å². The average Bonchev–Trinajstić information content (AvgIpc) is 3.34. The number of pyridine rings is 2. The van der Waals surface area contributed by atoms with E-state index >= 15 is 0 Å². The first-order valence-electron chi connectivity index (χ1n) is 14.1. The van der Waals surface area contributed by atoms with Gasteiger partial charge in [-0.1, -0.05) is 51.1 Å². The smallest absolute Gasteiger partial charge is 0.165 e. The maximum Gasteiger partial charge on any atom is 0.165 e. The topological polar surface area (TPSA) is 84.9 Å². The molecule has 0 amide bonds. The predicted octanol–water partition coefficient (Wildman–Crippen LogP) is 6.25. The van der Waals surface area contributed by atoms with Crippen LogP contribution in [0.1, 0.15) is 52.3 Å². The molecule has 0 saturated carbocycles. The van der Waals surface area contributed by atoms with E-state index in [0.717, 1.165) is 72.1 Å². The minimum absolute atomic E-state index is 0.448. The molecule has 204 valence electrons. The van der Waals surface area contributed by atoms with Crippen LogP contribution in [0, 0.1) is 0 Å². The van der Waals surface area contributed by atoms with Crippen LogP contribution in [0.2, 0.25) is 0 Å². The van der Waals surface area contributed by atoms with Crippen LogP contribution in [0.25, 0.3) is 33.8 Å². The molecule has 7 nitrogen and oxygen atoms in total. The molecule has 0 spiro atoms. The molecular formula is C32H41N7. The fourth-order valence-corrected chi connectivity index (χ4v) is 4.89. The monoisotopic (exact) mass is 523 g/mol. The number of nitrogens with two attached hydrogens (primary N) is 1. The summed E-state index contributed by atoms with van der Waals surface area (Å²) in [6, 6.07) is 17.1. The zero-order valence-corrected chi connectivity index (χ0v) is 23.9. The van der Waals surface area contributed by atoms with Gasteiger partial charge in [-0.25, -0.2) is 15.0 Å². The molecule has 0 radical (unpaired) electrons. The summed E-state index contributed by atoms with van der Waals surface area (Å²) in [5.41, 5.74) is 13.0. The van der Waals surface area contributed by atoms with Crippen molar-refractivity contribution in [2.45, 2.75) is 53.6 Å². The van der Waals surface area contributed by atoms with Crippen molar-refractivity contribution in [1.29, 1.82) is 0 Å². The summed E-state index contributed by atoms with van der Waals surface area (Å²) in [5, 5.41) is 3.51. The molecule has 39 heavy (non-hydrogen) atoms. The molecule has 1 aromatic carbocycles. The third-order valence-electron chi connectivity index (χ3n) is 6.78. The van der Waals surface area contributed by atoms with Crippen LogP contribution in [0.4, 0.5) is 5.82 Å². The first kappa shape index (κ1) is 28.2. The first-order chi connectivity index (χ1) is 19.1. The number of anilines is 1. The van der Waals surface area contributed by atoms with Crippen molar-refractivity contribution in [3.8, 4) is 17.1 Å². The van der Waals surface area contributed by atoms with Crippen molar-refractivity contribution >= 4 is 22.6 Å². The molecule has 0 aliphatic carbocycles. The lowest BCUT2D eigenvalue weighted by Crippen LogP contribution is -2.48. The zero-order valence-electron chi connectivity index (χ0n) is 23.9. The number of hydrogen-bond donors (Lipinski definition) is 2. The van der Waals surface area contributed by atoms with Crippen LogP contribution in [0.15, 0.2) is 73.0 Å². The third-order valence-corrected chi connectivity index (χ3v) is 6.78. The Hall–Kier alpha value is -3.81. The number of rotatable bonds is 7. The summed E-state index contributed by atoms with van der Waals surface area (Å²) in [5.74, 6) is 1.18. The van der Waals surface area contributed by atoms with Gasteiger partial charge in [0, 0.05) is 44.1 Å². The van der Waals surface area contributed by atoms with E-state index in [4.69, 9.17) is 15.7 Å². The second kappa shape index (κ2) is 13.3. The highest BCUT2D eigenvalue weighted by atomic mass is 15.2. The Morgan fingerprint density at radius 1 is 1.10 bits per heavy atom. The van der Waals surface area contributed by atoms with Gasteiger partial charge in [-0.15, -0.1) is 0 Å². The molecule has 4 aromatic rings. The van der Waals surface area contributed by atoms with Crippen LogP contribution in [-0.2, 0) is 6.54 Å². The third kappa shape index (κ3) is 6.44. The lowest BCUT2D eigenvalue weighted by atomic mass is 10.1. The second-order valence-electron chi connectivity index (χ2n) is 9.56. The number of benzene rings is 1. The lowest BCUT2D eigenvalue weighted by molar-refractivity contribution is 0.199. The number of allylic oxidation sites excluding steroid dienone is 4. The highest BCUT2D eigenvalue weighted by molar-refractivity contribution is 5.85. The molecule has 1 aliphatic heterocycles. The van der Waals surface area contributed by atoms with Gasteiger partial charge in [0.05, 0.1) is 11.3 Å². The van der Waals surface area contributed by atoms with Gasteiger partial charge >= 0.3 is 0 Å². The number of hydrogen-bond acceptors (Lipinski definition) is 6. The van der Waals surface area contributed by atoms with Crippen molar-refractivity contribution in [2.24, 2.45) is 0 Å². The number of aromatic nitrogens is 4. The van der Waals surface area contributed by atoms with E-state index < -0.39 is 0 Å². The van der Waals surface area contributed by atoms with E-state index in [1.165, 1.54) is 5.56 Å². The highest BCUT2D eigenvalue weighted by Crippen LogP contribution is 2.31. The van der Waals surface area contributed by atoms with Crippen molar-refractivity contribution in [2.75, 3.05) is 25.4 Å². The normalized spacial score (nSPS) is 16.4. The van der Waals surface area contributed by atoms with Crippen LogP contribution in [-0.4, -0.2) is 50.1 Å². The number of fused-ring (bicyclic) bond motifs is 1. The zero-order chi connectivity index (χ0) is 27.8. The van der Waals surface area contributed by atoms with Crippen LogP contribution < -0.4 is 11.1 Å². The van der Waals surface area contributed by atoms with Gasteiger partial charge in [0.15, 0.2) is 11.5 Å². The van der Waals surface area contributed by atoms with Crippen molar-refractivity contribution in [3.05, 3.63) is 84.2 Å². The van der Waals surface area contributed by atoms with Crippen LogP contribution >= 0.6 is 0 Å². The molecule has 3 aromatic heterocycles. The van der Waals surface area contributed by atoms with E-state index in [-0.39, 0.29) is 0 Å².